The van der Waals surface area contributed by atoms with Crippen molar-refractivity contribution in [2.45, 2.75) is 12.6 Å². The van der Waals surface area contributed by atoms with Gasteiger partial charge in [0.05, 0.1) is 11.8 Å². The molecule has 1 aromatic carbocycles. The maximum Gasteiger partial charge on any atom is 0.131 e. The number of nitrogens with one attached hydrogen (secondary N) is 1. The van der Waals surface area contributed by atoms with Gasteiger partial charge >= 0.3 is 0 Å². The molecule has 0 saturated heterocycles. The fraction of sp³-hybridized carbons (Fsp3) is 0.308. The van der Waals surface area contributed by atoms with Crippen molar-refractivity contribution in [3.8, 4) is 0 Å². The van der Waals surface area contributed by atoms with Crippen LogP contribution in [0.15, 0.2) is 30.5 Å². The van der Waals surface area contributed by atoms with E-state index in [2.05, 4.69) is 10.4 Å². The smallest absolute Gasteiger partial charge is 0.131 e. The Kier molecular flexibility index (Phi) is 4.24. The summed E-state index contributed by atoms with van der Waals surface area (Å²) in [6.07, 6.45) is 0.654. The Morgan fingerprint density at radius 1 is 1.37 bits per heavy atom. The number of benzene rings is 1. The SMILES string of the molecule is Cn1nccc1CNCC(O)c1ccc(F)cc1F. The van der Waals surface area contributed by atoms with Crippen LogP contribution in [0.5, 0.6) is 0 Å². The van der Waals surface area contributed by atoms with E-state index in [1.807, 2.05) is 13.1 Å². The van der Waals surface area contributed by atoms with Crippen LogP contribution in [0.3, 0.4) is 0 Å². The molecule has 1 heterocycles. The average Bonchev–Trinajstić information content (AvgIpc) is 2.75. The van der Waals surface area contributed by atoms with Crippen LogP contribution in [0.2, 0.25) is 0 Å². The zero-order valence-corrected chi connectivity index (χ0v) is 10.5. The Morgan fingerprint density at radius 2 is 2.16 bits per heavy atom. The van der Waals surface area contributed by atoms with Crippen LogP contribution in [0.1, 0.15) is 17.4 Å². The van der Waals surface area contributed by atoms with Crippen molar-refractivity contribution in [2.24, 2.45) is 7.05 Å². The molecule has 0 aliphatic rings. The Labute approximate surface area is 109 Å². The first-order chi connectivity index (χ1) is 9.08. The van der Waals surface area contributed by atoms with E-state index in [0.29, 0.717) is 6.54 Å². The van der Waals surface area contributed by atoms with Crippen molar-refractivity contribution in [1.82, 2.24) is 15.1 Å². The van der Waals surface area contributed by atoms with Gasteiger partial charge in [-0.15, -0.1) is 0 Å². The number of nitrogens with zero attached hydrogens (tertiary/aromatic N) is 2. The van der Waals surface area contributed by atoms with E-state index in [1.165, 1.54) is 6.07 Å². The molecule has 6 heteroatoms. The minimum atomic E-state index is -1.02. The first kappa shape index (κ1) is 13.6. The van der Waals surface area contributed by atoms with Gasteiger partial charge in [-0.1, -0.05) is 6.07 Å². The lowest BCUT2D eigenvalue weighted by Gasteiger charge is -2.13. The van der Waals surface area contributed by atoms with Gasteiger partial charge in [-0.2, -0.15) is 5.10 Å². The second-order valence-electron chi connectivity index (χ2n) is 4.26. The summed E-state index contributed by atoms with van der Waals surface area (Å²) in [4.78, 5) is 0. The Hall–Kier alpha value is -1.79. The zero-order chi connectivity index (χ0) is 13.8. The summed E-state index contributed by atoms with van der Waals surface area (Å²) in [6, 6.07) is 4.99. The van der Waals surface area contributed by atoms with E-state index < -0.39 is 17.7 Å². The normalized spacial score (nSPS) is 12.6. The van der Waals surface area contributed by atoms with Crippen molar-refractivity contribution in [3.05, 3.63) is 53.4 Å². The number of halogens is 2. The minimum Gasteiger partial charge on any atom is -0.387 e. The molecule has 0 amide bonds. The number of aryl methyl sites for hydroxylation is 1. The van der Waals surface area contributed by atoms with Crippen LogP contribution in [-0.4, -0.2) is 21.4 Å². The molecule has 0 spiro atoms. The third-order valence-electron chi connectivity index (χ3n) is 2.89. The summed E-state index contributed by atoms with van der Waals surface area (Å²) in [5.74, 6) is -1.40. The Balaban J connectivity index is 1.91. The van der Waals surface area contributed by atoms with E-state index in [4.69, 9.17) is 0 Å². The standard InChI is InChI=1S/C13H15F2N3O/c1-18-10(4-5-17-18)7-16-8-13(19)11-3-2-9(14)6-12(11)15/h2-6,13,16,19H,7-8H2,1H3. The highest BCUT2D eigenvalue weighted by Crippen LogP contribution is 2.17. The first-order valence-corrected chi connectivity index (χ1v) is 5.88. The van der Waals surface area contributed by atoms with E-state index in [1.54, 1.807) is 10.9 Å². The molecule has 2 N–H and O–H groups in total. The monoisotopic (exact) mass is 267 g/mol. The largest absolute Gasteiger partial charge is 0.387 e. The van der Waals surface area contributed by atoms with E-state index >= 15 is 0 Å². The first-order valence-electron chi connectivity index (χ1n) is 5.88. The number of hydrogen-bond acceptors (Lipinski definition) is 3. The summed E-state index contributed by atoms with van der Waals surface area (Å²) in [5, 5.41) is 16.8. The van der Waals surface area contributed by atoms with Crippen molar-refractivity contribution in [3.63, 3.8) is 0 Å². The molecule has 0 bridgehead atoms. The molecule has 0 fully saturated rings. The molecule has 0 aliphatic carbocycles. The minimum absolute atomic E-state index is 0.0823. The van der Waals surface area contributed by atoms with Crippen molar-refractivity contribution in [1.29, 1.82) is 0 Å². The van der Waals surface area contributed by atoms with Crippen LogP contribution < -0.4 is 5.32 Å². The van der Waals surface area contributed by atoms with Gasteiger partial charge in [-0.25, -0.2) is 8.78 Å². The predicted octanol–water partition coefficient (Wildman–Crippen LogP) is 1.52. The molecule has 1 atom stereocenters. The third kappa shape index (κ3) is 3.36. The van der Waals surface area contributed by atoms with Gasteiger partial charge < -0.3 is 10.4 Å². The fourth-order valence-corrected chi connectivity index (χ4v) is 1.79. The molecule has 0 radical (unpaired) electrons. The number of aliphatic hydroxyl groups excluding tert-OH is 1. The van der Waals surface area contributed by atoms with E-state index in [9.17, 15) is 13.9 Å². The van der Waals surface area contributed by atoms with Crippen LogP contribution in [0, 0.1) is 11.6 Å². The number of aliphatic hydroxyl groups is 1. The van der Waals surface area contributed by atoms with E-state index in [-0.39, 0.29) is 12.1 Å². The quantitative estimate of drug-likeness (QED) is 0.863. The third-order valence-corrected chi connectivity index (χ3v) is 2.89. The Morgan fingerprint density at radius 3 is 2.79 bits per heavy atom. The number of rotatable bonds is 5. The molecule has 2 rings (SSSR count). The molecule has 4 nitrogen and oxygen atoms in total. The molecule has 1 unspecified atom stereocenters. The predicted molar refractivity (Wildman–Crippen MR) is 66.2 cm³/mol. The summed E-state index contributed by atoms with van der Waals surface area (Å²) >= 11 is 0. The van der Waals surface area contributed by atoms with Gasteiger partial charge in [0.1, 0.15) is 11.6 Å². The highest BCUT2D eigenvalue weighted by Gasteiger charge is 2.13. The maximum atomic E-state index is 13.4. The molecule has 102 valence electrons. The number of aromatic nitrogens is 2. The summed E-state index contributed by atoms with van der Waals surface area (Å²) in [6.45, 7) is 0.685. The topological polar surface area (TPSA) is 50.1 Å². The van der Waals surface area contributed by atoms with Crippen LogP contribution in [0.25, 0.3) is 0 Å². The average molecular weight is 267 g/mol. The van der Waals surface area contributed by atoms with Crippen LogP contribution in [-0.2, 0) is 13.6 Å². The molecule has 0 aliphatic heterocycles. The lowest BCUT2D eigenvalue weighted by Crippen LogP contribution is -2.23. The van der Waals surface area contributed by atoms with Gasteiger partial charge in [0.25, 0.3) is 0 Å². The molecule has 19 heavy (non-hydrogen) atoms. The maximum absolute atomic E-state index is 13.4. The van der Waals surface area contributed by atoms with Gasteiger partial charge in [0.15, 0.2) is 0 Å². The van der Waals surface area contributed by atoms with Gasteiger partial charge in [0, 0.05) is 38.0 Å². The van der Waals surface area contributed by atoms with Crippen molar-refractivity contribution in [2.75, 3.05) is 6.54 Å². The molecule has 0 saturated carbocycles. The van der Waals surface area contributed by atoms with Crippen molar-refractivity contribution >= 4 is 0 Å². The second kappa shape index (κ2) is 5.90. The van der Waals surface area contributed by atoms with Gasteiger partial charge in [0.2, 0.25) is 0 Å². The van der Waals surface area contributed by atoms with Gasteiger partial charge in [-0.3, -0.25) is 4.68 Å². The van der Waals surface area contributed by atoms with Crippen molar-refractivity contribution < 1.29 is 13.9 Å². The molecular weight excluding hydrogens is 252 g/mol. The highest BCUT2D eigenvalue weighted by molar-refractivity contribution is 5.21. The lowest BCUT2D eigenvalue weighted by molar-refractivity contribution is 0.169. The second-order valence-corrected chi connectivity index (χ2v) is 4.26. The molecule has 2 aromatic rings. The Bertz CT molecular complexity index is 557. The fourth-order valence-electron chi connectivity index (χ4n) is 1.79. The highest BCUT2D eigenvalue weighted by atomic mass is 19.1. The van der Waals surface area contributed by atoms with E-state index in [0.717, 1.165) is 17.8 Å². The van der Waals surface area contributed by atoms with Crippen LogP contribution in [0.4, 0.5) is 8.78 Å². The summed E-state index contributed by atoms with van der Waals surface area (Å²) in [7, 11) is 1.81. The summed E-state index contributed by atoms with van der Waals surface area (Å²) < 4.78 is 27.9. The van der Waals surface area contributed by atoms with Gasteiger partial charge in [-0.05, 0) is 12.1 Å². The lowest BCUT2D eigenvalue weighted by atomic mass is 10.1. The van der Waals surface area contributed by atoms with Crippen LogP contribution >= 0.6 is 0 Å². The molecule has 1 aromatic heterocycles. The number of hydrogen-bond donors (Lipinski definition) is 2. The zero-order valence-electron chi connectivity index (χ0n) is 10.5. The molecular formula is C13H15F2N3O. The summed E-state index contributed by atoms with van der Waals surface area (Å²) in [5.41, 5.74) is 1.03.